The number of aromatic hydroxyl groups is 2. The summed E-state index contributed by atoms with van der Waals surface area (Å²) in [7, 11) is -3.47. The van der Waals surface area contributed by atoms with Crippen LogP contribution >= 0.6 is 0 Å². The standard InChI is InChI=1S/C52H56N2O13S/c1-3-4-5-6-7-8-15-20-37(67-46(56)32-45(55)53-35-18-13-10-14-19-35)26-28-42(65-2)43(29-33-16-11-9-12-17-33)66-38-24-21-34(22-25-38)52(61)54-36-23-27-39-40(30-36)49(58)47-41(48(39)57)31-44(68(62,63)64)50(59)51(47)60/h9-14,16-19,21-25,27,30-31,37,42-43,59-60H,3-8,15,20,26,28-29,32H2,1-2H3,(H,53,55)(H,54,61)(H,62,63,64). The summed E-state index contributed by atoms with van der Waals surface area (Å²) in [6.45, 7) is 2.18. The van der Waals surface area contributed by atoms with E-state index in [1.54, 1.807) is 55.6 Å². The number of esters is 1. The Labute approximate surface area is 395 Å². The van der Waals surface area contributed by atoms with E-state index in [-0.39, 0.29) is 22.4 Å². The number of anilines is 2. The minimum atomic E-state index is -5.06. The maximum Gasteiger partial charge on any atom is 0.315 e. The number of benzene rings is 5. The maximum absolute atomic E-state index is 13.5. The van der Waals surface area contributed by atoms with Crippen molar-refractivity contribution in [2.75, 3.05) is 17.7 Å². The molecule has 68 heavy (non-hydrogen) atoms. The van der Waals surface area contributed by atoms with Gasteiger partial charge in [0.2, 0.25) is 5.91 Å². The zero-order valence-electron chi connectivity index (χ0n) is 37.9. The van der Waals surface area contributed by atoms with E-state index >= 15 is 0 Å². The number of methoxy groups -OCH3 is 1. The molecule has 0 saturated carbocycles. The first kappa shape index (κ1) is 50.5. The molecule has 0 aliphatic heterocycles. The van der Waals surface area contributed by atoms with Crippen molar-refractivity contribution in [3.63, 3.8) is 0 Å². The van der Waals surface area contributed by atoms with Gasteiger partial charge < -0.3 is 35.1 Å². The summed E-state index contributed by atoms with van der Waals surface area (Å²) in [5, 5.41) is 26.2. The predicted molar refractivity (Wildman–Crippen MR) is 254 cm³/mol. The van der Waals surface area contributed by atoms with Crippen LogP contribution < -0.4 is 15.4 Å². The molecule has 0 heterocycles. The molecule has 0 saturated heterocycles. The van der Waals surface area contributed by atoms with Crippen LogP contribution in [0.25, 0.3) is 0 Å². The lowest BCUT2D eigenvalue weighted by Gasteiger charge is -2.29. The minimum Gasteiger partial charge on any atom is -0.504 e. The van der Waals surface area contributed by atoms with Crippen LogP contribution in [0.5, 0.6) is 17.2 Å². The number of carbonyl (C=O) groups excluding carboxylic acids is 5. The Bertz CT molecular complexity index is 2690. The van der Waals surface area contributed by atoms with E-state index in [0.29, 0.717) is 43.2 Å². The number of amides is 2. The largest absolute Gasteiger partial charge is 0.504 e. The molecule has 15 nitrogen and oxygen atoms in total. The second-order valence-electron chi connectivity index (χ2n) is 16.7. The molecule has 1 aliphatic carbocycles. The Balaban J connectivity index is 1.13. The number of phenols is 2. The van der Waals surface area contributed by atoms with E-state index in [4.69, 9.17) is 14.2 Å². The van der Waals surface area contributed by atoms with Crippen LogP contribution in [0.15, 0.2) is 114 Å². The smallest absolute Gasteiger partial charge is 0.315 e. The third-order valence-electron chi connectivity index (χ3n) is 11.7. The van der Waals surface area contributed by atoms with Gasteiger partial charge in [0.05, 0.1) is 11.7 Å². The molecule has 358 valence electrons. The van der Waals surface area contributed by atoms with Crippen LogP contribution in [0, 0.1) is 0 Å². The van der Waals surface area contributed by atoms with Crippen molar-refractivity contribution in [1.29, 1.82) is 0 Å². The second-order valence-corrected chi connectivity index (χ2v) is 18.1. The Morgan fingerprint density at radius 3 is 1.99 bits per heavy atom. The monoisotopic (exact) mass is 948 g/mol. The molecule has 0 spiro atoms. The van der Waals surface area contributed by atoms with Gasteiger partial charge in [-0.1, -0.05) is 94.0 Å². The highest BCUT2D eigenvalue weighted by molar-refractivity contribution is 7.86. The van der Waals surface area contributed by atoms with E-state index in [2.05, 4.69) is 17.6 Å². The SMILES string of the molecule is CCCCCCCCCC(CCC(OC)C(Cc1ccccc1)Oc1ccc(C(=O)Nc2ccc3c(c2)C(=O)c2c(cc(S(=O)(=O)O)c(O)c2O)C3=O)cc1)OC(=O)CC(=O)Nc1ccccc1. The fourth-order valence-corrected chi connectivity index (χ4v) is 8.78. The Kier molecular flexibility index (Phi) is 17.6. The number of hydrogen-bond donors (Lipinski definition) is 5. The lowest BCUT2D eigenvalue weighted by Crippen LogP contribution is -2.36. The third-order valence-corrected chi connectivity index (χ3v) is 12.6. The lowest BCUT2D eigenvalue weighted by atomic mass is 9.83. The summed E-state index contributed by atoms with van der Waals surface area (Å²) in [5.41, 5.74) is 0.370. The molecule has 2 amide bonds. The molecule has 0 fully saturated rings. The maximum atomic E-state index is 13.5. The van der Waals surface area contributed by atoms with Gasteiger partial charge in [0.15, 0.2) is 23.1 Å². The lowest BCUT2D eigenvalue weighted by molar-refractivity contribution is -0.151. The number of para-hydroxylation sites is 1. The van der Waals surface area contributed by atoms with Gasteiger partial charge in [0, 0.05) is 47.2 Å². The number of nitrogens with one attached hydrogen (secondary N) is 2. The number of ketones is 2. The zero-order chi connectivity index (χ0) is 48.8. The summed E-state index contributed by atoms with van der Waals surface area (Å²) in [6.07, 6.45) is 7.82. The van der Waals surface area contributed by atoms with Gasteiger partial charge in [-0.15, -0.1) is 0 Å². The number of unbranched alkanes of at least 4 members (excludes halogenated alkanes) is 6. The van der Waals surface area contributed by atoms with E-state index in [9.17, 15) is 47.2 Å². The fraction of sp³-hybridized carbons (Fsp3) is 0.327. The topological polar surface area (TPSA) is 232 Å². The molecule has 5 N–H and O–H groups in total. The zero-order valence-corrected chi connectivity index (χ0v) is 38.8. The van der Waals surface area contributed by atoms with E-state index in [0.717, 1.165) is 37.7 Å². The summed E-state index contributed by atoms with van der Waals surface area (Å²) in [6, 6.07) is 29.5. The van der Waals surface area contributed by atoms with Gasteiger partial charge in [-0.25, -0.2) is 0 Å². The van der Waals surface area contributed by atoms with Crippen molar-refractivity contribution in [3.8, 4) is 17.2 Å². The van der Waals surface area contributed by atoms with Crippen LogP contribution in [0.3, 0.4) is 0 Å². The van der Waals surface area contributed by atoms with E-state index in [1.807, 2.05) is 36.4 Å². The molecular weight excluding hydrogens is 893 g/mol. The molecule has 1 aliphatic rings. The fourth-order valence-electron chi connectivity index (χ4n) is 8.17. The summed E-state index contributed by atoms with van der Waals surface area (Å²) in [4.78, 5) is 65.0. The molecule has 0 bridgehead atoms. The van der Waals surface area contributed by atoms with Crippen molar-refractivity contribution in [2.45, 2.75) is 107 Å². The van der Waals surface area contributed by atoms with Crippen LogP contribution in [-0.4, -0.2) is 78.0 Å². The molecule has 16 heteroatoms. The number of rotatable bonds is 24. The average Bonchev–Trinajstić information content (AvgIpc) is 3.31. The van der Waals surface area contributed by atoms with Crippen molar-refractivity contribution in [2.24, 2.45) is 0 Å². The summed E-state index contributed by atoms with van der Waals surface area (Å²) < 4.78 is 51.6. The quantitative estimate of drug-likeness (QED) is 0.0125. The first-order valence-electron chi connectivity index (χ1n) is 22.7. The van der Waals surface area contributed by atoms with Crippen molar-refractivity contribution >= 4 is 50.8 Å². The van der Waals surface area contributed by atoms with Crippen LogP contribution in [0.2, 0.25) is 0 Å². The van der Waals surface area contributed by atoms with Gasteiger partial charge in [-0.05, 0) is 91.9 Å². The first-order chi connectivity index (χ1) is 32.7. The molecule has 3 unspecified atom stereocenters. The predicted octanol–water partition coefficient (Wildman–Crippen LogP) is 9.24. The summed E-state index contributed by atoms with van der Waals surface area (Å²) in [5.74, 6) is -5.45. The van der Waals surface area contributed by atoms with Crippen LogP contribution in [-0.2, 0) is 35.6 Å². The molecule has 0 radical (unpaired) electrons. The highest BCUT2D eigenvalue weighted by Crippen LogP contribution is 2.42. The van der Waals surface area contributed by atoms with Gasteiger partial charge >= 0.3 is 5.97 Å². The third kappa shape index (κ3) is 13.4. The Morgan fingerprint density at radius 2 is 1.32 bits per heavy atom. The minimum absolute atomic E-state index is 0.120. The van der Waals surface area contributed by atoms with E-state index in [1.165, 1.54) is 31.0 Å². The van der Waals surface area contributed by atoms with Crippen LogP contribution in [0.4, 0.5) is 11.4 Å². The number of carbonyl (C=O) groups is 5. The highest BCUT2D eigenvalue weighted by Gasteiger charge is 2.37. The van der Waals surface area contributed by atoms with Gasteiger partial charge in [0.25, 0.3) is 16.0 Å². The van der Waals surface area contributed by atoms with Crippen molar-refractivity contribution < 1.29 is 61.4 Å². The van der Waals surface area contributed by atoms with Gasteiger partial charge in [-0.3, -0.25) is 28.5 Å². The number of phenolic OH excluding ortho intramolecular Hbond substituents is 2. The molecule has 6 rings (SSSR count). The van der Waals surface area contributed by atoms with Crippen molar-refractivity contribution in [1.82, 2.24) is 0 Å². The first-order valence-corrected chi connectivity index (χ1v) is 24.1. The Morgan fingerprint density at radius 1 is 0.662 bits per heavy atom. The van der Waals surface area contributed by atoms with Crippen molar-refractivity contribution in [3.05, 3.63) is 143 Å². The van der Waals surface area contributed by atoms with E-state index < -0.39 is 91.7 Å². The highest BCUT2D eigenvalue weighted by atomic mass is 32.2. The molecular formula is C52H56N2O13S. The molecule has 3 atom stereocenters. The molecule has 5 aromatic rings. The number of fused-ring (bicyclic) bond motifs is 2. The van der Waals surface area contributed by atoms with Gasteiger partial charge in [-0.2, -0.15) is 8.42 Å². The summed E-state index contributed by atoms with van der Waals surface area (Å²) >= 11 is 0. The Hall–Kier alpha value is -6.88. The second kappa shape index (κ2) is 23.7. The molecule has 0 aromatic heterocycles. The average molecular weight is 949 g/mol. The number of hydrogen-bond acceptors (Lipinski definition) is 12. The van der Waals surface area contributed by atoms with Crippen LogP contribution in [0.1, 0.15) is 125 Å². The molecule has 5 aromatic carbocycles. The normalized spacial score (nSPS) is 13.4. The number of ether oxygens (including phenoxy) is 3. The van der Waals surface area contributed by atoms with Gasteiger partial charge in [0.1, 0.15) is 29.3 Å².